The van der Waals surface area contributed by atoms with Gasteiger partial charge < -0.3 is 19.9 Å². The molecule has 2 heterocycles. The smallest absolute Gasteiger partial charge is 0.271 e. The Hall–Kier alpha value is -5.64. The third-order valence-electron chi connectivity index (χ3n) is 8.41. The molecule has 2 N–H and O–H groups in total. The number of halogens is 1. The maximum Gasteiger partial charge on any atom is 0.271 e. The summed E-state index contributed by atoms with van der Waals surface area (Å²) < 4.78 is 14.0. The number of amides is 1. The molecule has 1 amide bonds. The summed E-state index contributed by atoms with van der Waals surface area (Å²) in [5, 5.41) is 16.0. The lowest BCUT2D eigenvalue weighted by Crippen LogP contribution is -2.40. The number of para-hydroxylation sites is 1. The lowest BCUT2D eigenvalue weighted by molar-refractivity contribution is -0.113. The van der Waals surface area contributed by atoms with Crippen molar-refractivity contribution in [1.82, 2.24) is 4.57 Å². The number of nitrogens with one attached hydrogen (secondary N) is 1. The fourth-order valence-electron chi connectivity index (χ4n) is 6.04. The van der Waals surface area contributed by atoms with Gasteiger partial charge in [0.05, 0.1) is 28.5 Å². The summed E-state index contributed by atoms with van der Waals surface area (Å²) in [7, 11) is 0. The molecule has 1 aromatic heterocycles. The molecule has 5 aromatic carbocycles. The summed E-state index contributed by atoms with van der Waals surface area (Å²) in [6.45, 7) is 4.21. The molecule has 0 spiro atoms. The molecule has 0 aliphatic carbocycles. The third-order valence-corrected chi connectivity index (χ3v) is 9.65. The number of anilines is 1. The number of aromatic nitrogens is 1. The monoisotopic (exact) mass is 701 g/mol. The summed E-state index contributed by atoms with van der Waals surface area (Å²) in [5.41, 5.74) is 3.35. The summed E-state index contributed by atoms with van der Waals surface area (Å²) in [5.74, 6) is 0.429. The van der Waals surface area contributed by atoms with Gasteiger partial charge in [-0.2, -0.15) is 0 Å². The van der Waals surface area contributed by atoms with Crippen LogP contribution in [-0.4, -0.2) is 22.2 Å². The molecule has 0 fully saturated rings. The number of hydrogen-bond donors (Lipinski definition) is 2. The van der Waals surface area contributed by atoms with Crippen LogP contribution in [-0.2, 0) is 11.4 Å². The lowest BCUT2D eigenvalue weighted by Gasteiger charge is -2.26. The highest BCUT2D eigenvalue weighted by Crippen LogP contribution is 2.36. The van der Waals surface area contributed by atoms with Gasteiger partial charge in [0, 0.05) is 16.3 Å². The predicted octanol–water partition coefficient (Wildman–Crippen LogP) is 7.36. The third kappa shape index (κ3) is 6.53. The van der Waals surface area contributed by atoms with E-state index in [0.717, 1.165) is 21.9 Å². The standard InChI is InChI=1S/C40H32ClN3O5S/c1-3-48-34-21-27(15-19-32(34)45)37-36(38(46)43-29-10-5-4-6-11-29)24(2)42-40-44(37)39(47)35(50-40)22-31-30-12-8-7-9-26(30)16-20-33(31)49-23-25-13-17-28(41)18-14-25/h4-22,37,45H,3,23H2,1-2H3,(H,43,46)/b35-22-/t37-/m0/s1. The molecule has 8 nitrogen and oxygen atoms in total. The van der Waals surface area contributed by atoms with Crippen molar-refractivity contribution >= 4 is 51.4 Å². The van der Waals surface area contributed by atoms with Gasteiger partial charge in [0.1, 0.15) is 12.4 Å². The summed E-state index contributed by atoms with van der Waals surface area (Å²) in [6, 6.07) is 32.4. The average Bonchev–Trinajstić information content (AvgIpc) is 3.43. The van der Waals surface area contributed by atoms with Gasteiger partial charge in [0.2, 0.25) is 0 Å². The lowest BCUT2D eigenvalue weighted by atomic mass is 9.94. The number of phenols is 1. The summed E-state index contributed by atoms with van der Waals surface area (Å²) in [6.07, 6.45) is 1.84. The Morgan fingerprint density at radius 2 is 1.72 bits per heavy atom. The molecule has 7 rings (SSSR count). The molecular formula is C40H32ClN3O5S. The highest BCUT2D eigenvalue weighted by atomic mass is 35.5. The first kappa shape index (κ1) is 32.9. The first-order valence-electron chi connectivity index (χ1n) is 16.0. The van der Waals surface area contributed by atoms with Crippen LogP contribution >= 0.6 is 22.9 Å². The van der Waals surface area contributed by atoms with Crippen molar-refractivity contribution in [3.63, 3.8) is 0 Å². The molecular weight excluding hydrogens is 670 g/mol. The van der Waals surface area contributed by atoms with Crippen LogP contribution < -0.4 is 29.7 Å². The Bertz CT molecular complexity index is 2450. The van der Waals surface area contributed by atoms with Crippen LogP contribution in [0.1, 0.15) is 36.6 Å². The van der Waals surface area contributed by atoms with Crippen molar-refractivity contribution in [2.75, 3.05) is 11.9 Å². The second-order valence-corrected chi connectivity index (χ2v) is 13.1. The Labute approximate surface area is 296 Å². The number of ether oxygens (including phenoxy) is 2. The van der Waals surface area contributed by atoms with E-state index < -0.39 is 11.9 Å². The van der Waals surface area contributed by atoms with Crippen LogP contribution in [0.25, 0.3) is 16.8 Å². The van der Waals surface area contributed by atoms with Crippen LogP contribution in [0.3, 0.4) is 0 Å². The average molecular weight is 702 g/mol. The number of carbonyl (C=O) groups excluding carboxylic acids is 1. The second-order valence-electron chi connectivity index (χ2n) is 11.7. The minimum Gasteiger partial charge on any atom is -0.504 e. The van der Waals surface area contributed by atoms with Gasteiger partial charge in [0.15, 0.2) is 16.3 Å². The number of hydrogen-bond acceptors (Lipinski definition) is 7. The molecule has 50 heavy (non-hydrogen) atoms. The van der Waals surface area contributed by atoms with E-state index in [1.165, 1.54) is 17.4 Å². The fraction of sp³-hybridized carbons (Fsp3) is 0.125. The fourth-order valence-corrected chi connectivity index (χ4v) is 7.20. The summed E-state index contributed by atoms with van der Waals surface area (Å²) >= 11 is 7.33. The van der Waals surface area contributed by atoms with Gasteiger partial charge >= 0.3 is 0 Å². The quantitative estimate of drug-likeness (QED) is 0.164. The molecule has 1 aliphatic heterocycles. The SMILES string of the molecule is CCOc1cc([C@H]2C(C(=O)Nc3ccccc3)=C(C)N=c3s/c(=C\c4c(OCc5ccc(Cl)cc5)ccc5ccccc45)c(=O)n32)ccc1O. The van der Waals surface area contributed by atoms with Crippen molar-refractivity contribution in [1.29, 1.82) is 0 Å². The number of thiazole rings is 1. The molecule has 0 radical (unpaired) electrons. The van der Waals surface area contributed by atoms with Crippen LogP contribution in [0.15, 0.2) is 130 Å². The van der Waals surface area contributed by atoms with Crippen molar-refractivity contribution < 1.29 is 19.4 Å². The van der Waals surface area contributed by atoms with Crippen molar-refractivity contribution in [3.05, 3.63) is 162 Å². The number of allylic oxidation sites excluding steroid dienone is 1. The maximum absolute atomic E-state index is 14.6. The van der Waals surface area contributed by atoms with Gasteiger partial charge in [0.25, 0.3) is 11.5 Å². The van der Waals surface area contributed by atoms with E-state index in [1.54, 1.807) is 35.8 Å². The predicted molar refractivity (Wildman–Crippen MR) is 198 cm³/mol. The Balaban J connectivity index is 1.38. The van der Waals surface area contributed by atoms with Crippen molar-refractivity contribution in [2.45, 2.75) is 26.5 Å². The van der Waals surface area contributed by atoms with E-state index in [2.05, 4.69) is 5.32 Å². The maximum atomic E-state index is 14.6. The first-order valence-corrected chi connectivity index (χ1v) is 17.2. The summed E-state index contributed by atoms with van der Waals surface area (Å²) in [4.78, 5) is 33.8. The van der Waals surface area contributed by atoms with E-state index in [0.29, 0.717) is 55.8 Å². The van der Waals surface area contributed by atoms with Gasteiger partial charge in [-0.1, -0.05) is 89.7 Å². The van der Waals surface area contributed by atoms with E-state index >= 15 is 0 Å². The van der Waals surface area contributed by atoms with Gasteiger partial charge in [-0.05, 0) is 84.3 Å². The molecule has 250 valence electrons. The van der Waals surface area contributed by atoms with Crippen LogP contribution in [0.2, 0.25) is 5.02 Å². The highest BCUT2D eigenvalue weighted by Gasteiger charge is 2.33. The minimum atomic E-state index is -0.856. The molecule has 0 saturated carbocycles. The number of fused-ring (bicyclic) bond motifs is 2. The number of nitrogens with zero attached hydrogens (tertiary/aromatic N) is 2. The molecule has 1 atom stereocenters. The van der Waals surface area contributed by atoms with Crippen LogP contribution in [0.4, 0.5) is 5.69 Å². The molecule has 0 saturated heterocycles. The largest absolute Gasteiger partial charge is 0.504 e. The Morgan fingerprint density at radius 3 is 2.50 bits per heavy atom. The van der Waals surface area contributed by atoms with E-state index in [-0.39, 0.29) is 17.1 Å². The van der Waals surface area contributed by atoms with Crippen LogP contribution in [0, 0.1) is 0 Å². The van der Waals surface area contributed by atoms with E-state index in [9.17, 15) is 14.7 Å². The first-order chi connectivity index (χ1) is 24.3. The molecule has 6 aromatic rings. The van der Waals surface area contributed by atoms with Gasteiger partial charge in [-0.25, -0.2) is 4.99 Å². The molecule has 0 bridgehead atoms. The highest BCUT2D eigenvalue weighted by molar-refractivity contribution is 7.07. The zero-order chi connectivity index (χ0) is 34.8. The number of aromatic hydroxyl groups is 1. The zero-order valence-electron chi connectivity index (χ0n) is 27.2. The number of rotatable bonds is 9. The number of benzene rings is 5. The van der Waals surface area contributed by atoms with Crippen LogP contribution in [0.5, 0.6) is 17.2 Å². The van der Waals surface area contributed by atoms with E-state index in [1.807, 2.05) is 91.9 Å². The second kappa shape index (κ2) is 14.1. The molecule has 0 unspecified atom stereocenters. The molecule has 10 heteroatoms. The Morgan fingerprint density at radius 1 is 0.960 bits per heavy atom. The zero-order valence-corrected chi connectivity index (χ0v) is 28.8. The number of carbonyl (C=O) groups is 1. The normalized spacial score (nSPS) is 14.3. The van der Waals surface area contributed by atoms with Gasteiger partial charge in [-0.3, -0.25) is 14.2 Å². The number of phenolic OH excluding ortho intramolecular Hbond substituents is 1. The van der Waals surface area contributed by atoms with Gasteiger partial charge in [-0.15, -0.1) is 0 Å². The molecule has 1 aliphatic rings. The topological polar surface area (TPSA) is 102 Å². The van der Waals surface area contributed by atoms with E-state index in [4.69, 9.17) is 26.1 Å². The van der Waals surface area contributed by atoms with Crippen molar-refractivity contribution in [3.8, 4) is 17.2 Å². The van der Waals surface area contributed by atoms with Crippen molar-refractivity contribution in [2.24, 2.45) is 4.99 Å². The minimum absolute atomic E-state index is 0.0407. The Kier molecular flexibility index (Phi) is 9.25.